The zero-order valence-corrected chi connectivity index (χ0v) is 11.3. The van der Waals surface area contributed by atoms with E-state index in [4.69, 9.17) is 5.73 Å². The van der Waals surface area contributed by atoms with Gasteiger partial charge in [0.1, 0.15) is 12.1 Å². The lowest BCUT2D eigenvalue weighted by molar-refractivity contribution is 0.621. The number of rotatable bonds is 3. The minimum Gasteiger partial charge on any atom is -0.397 e. The third-order valence-corrected chi connectivity index (χ3v) is 3.16. The van der Waals surface area contributed by atoms with Crippen molar-refractivity contribution in [3.8, 4) is 0 Å². The maximum Gasteiger partial charge on any atom is 0.151 e. The Balaban J connectivity index is 2.14. The van der Waals surface area contributed by atoms with Crippen LogP contribution in [0.2, 0.25) is 0 Å². The van der Waals surface area contributed by atoms with Gasteiger partial charge in [-0.1, -0.05) is 0 Å². The van der Waals surface area contributed by atoms with Crippen LogP contribution in [-0.2, 0) is 13.6 Å². The summed E-state index contributed by atoms with van der Waals surface area (Å²) in [6.45, 7) is 0.445. The second kappa shape index (κ2) is 4.86. The summed E-state index contributed by atoms with van der Waals surface area (Å²) in [5, 5.41) is 10.7. The van der Waals surface area contributed by atoms with Crippen molar-refractivity contribution in [1.82, 2.24) is 14.8 Å². The number of hydrogen-bond acceptors (Lipinski definition) is 4. The van der Waals surface area contributed by atoms with Crippen molar-refractivity contribution in [2.75, 3.05) is 11.1 Å². The van der Waals surface area contributed by atoms with Crippen LogP contribution in [0.3, 0.4) is 0 Å². The Morgan fingerprint density at radius 1 is 1.53 bits per heavy atom. The van der Waals surface area contributed by atoms with E-state index < -0.39 is 0 Å². The molecule has 1 heterocycles. The molecule has 3 N–H and O–H groups in total. The predicted octanol–water partition coefficient (Wildman–Crippen LogP) is 1.75. The lowest BCUT2D eigenvalue weighted by Crippen LogP contribution is -2.08. The maximum atomic E-state index is 13.4. The Bertz CT molecular complexity index is 539. The molecule has 90 valence electrons. The molecular weight excluding hydrogens is 336 g/mol. The number of nitrogens with two attached hydrogens (primary N) is 1. The second-order valence-corrected chi connectivity index (χ2v) is 4.73. The summed E-state index contributed by atoms with van der Waals surface area (Å²) in [4.78, 5) is 0. The van der Waals surface area contributed by atoms with E-state index in [-0.39, 0.29) is 5.82 Å². The van der Waals surface area contributed by atoms with Gasteiger partial charge >= 0.3 is 0 Å². The van der Waals surface area contributed by atoms with E-state index in [0.717, 1.165) is 5.82 Å². The SMILES string of the molecule is Cn1cnnc1CNc1cc(F)c(I)cc1N. The molecule has 0 atom stereocenters. The Labute approximate surface area is 111 Å². The number of benzene rings is 1. The lowest BCUT2D eigenvalue weighted by atomic mass is 10.2. The van der Waals surface area contributed by atoms with Crippen LogP contribution < -0.4 is 11.1 Å². The van der Waals surface area contributed by atoms with Crippen molar-refractivity contribution in [2.45, 2.75) is 6.54 Å². The summed E-state index contributed by atoms with van der Waals surface area (Å²) in [6.07, 6.45) is 1.61. The number of aryl methyl sites for hydroxylation is 1. The van der Waals surface area contributed by atoms with Crippen LogP contribution >= 0.6 is 22.6 Å². The van der Waals surface area contributed by atoms with E-state index in [1.165, 1.54) is 6.07 Å². The largest absolute Gasteiger partial charge is 0.397 e. The smallest absolute Gasteiger partial charge is 0.151 e. The summed E-state index contributed by atoms with van der Waals surface area (Å²) in [7, 11) is 1.84. The number of nitrogen functional groups attached to an aromatic ring is 1. The van der Waals surface area contributed by atoms with Gasteiger partial charge in [-0.2, -0.15) is 0 Å². The molecule has 0 unspecified atom stereocenters. The fraction of sp³-hybridized carbons (Fsp3) is 0.200. The van der Waals surface area contributed by atoms with Gasteiger partial charge in [0, 0.05) is 13.1 Å². The van der Waals surface area contributed by atoms with Crippen molar-refractivity contribution >= 4 is 34.0 Å². The Morgan fingerprint density at radius 2 is 2.29 bits per heavy atom. The van der Waals surface area contributed by atoms with E-state index in [2.05, 4.69) is 15.5 Å². The Kier molecular flexibility index (Phi) is 3.46. The first-order chi connectivity index (χ1) is 8.08. The van der Waals surface area contributed by atoms with E-state index >= 15 is 0 Å². The summed E-state index contributed by atoms with van der Waals surface area (Å²) >= 11 is 1.90. The highest BCUT2D eigenvalue weighted by atomic mass is 127. The van der Waals surface area contributed by atoms with E-state index in [0.29, 0.717) is 21.5 Å². The number of aromatic nitrogens is 3. The lowest BCUT2D eigenvalue weighted by Gasteiger charge is -2.09. The molecule has 1 aromatic carbocycles. The molecule has 0 saturated carbocycles. The van der Waals surface area contributed by atoms with Gasteiger partial charge < -0.3 is 15.6 Å². The van der Waals surface area contributed by atoms with Crippen LogP contribution in [0, 0.1) is 9.39 Å². The molecule has 0 bridgehead atoms. The highest BCUT2D eigenvalue weighted by molar-refractivity contribution is 14.1. The zero-order valence-electron chi connectivity index (χ0n) is 9.11. The van der Waals surface area contributed by atoms with Crippen LogP contribution in [0.4, 0.5) is 15.8 Å². The van der Waals surface area contributed by atoms with Crippen LogP contribution in [0.1, 0.15) is 5.82 Å². The Morgan fingerprint density at radius 3 is 2.94 bits per heavy atom. The molecule has 0 aliphatic carbocycles. The number of hydrogen-bond donors (Lipinski definition) is 2. The molecule has 1 aromatic heterocycles. The average Bonchev–Trinajstić information content (AvgIpc) is 2.68. The van der Waals surface area contributed by atoms with E-state index in [9.17, 15) is 4.39 Å². The standard InChI is InChI=1S/C10H11FIN5/c1-17-5-15-16-10(17)4-14-9-2-6(11)7(12)3-8(9)13/h2-3,5,14H,4,13H2,1H3. The third kappa shape index (κ3) is 2.65. The second-order valence-electron chi connectivity index (χ2n) is 3.57. The zero-order chi connectivity index (χ0) is 12.4. The molecular formula is C10H11FIN5. The number of nitrogens with one attached hydrogen (secondary N) is 1. The first kappa shape index (κ1) is 12.1. The molecule has 0 spiro atoms. The van der Waals surface area contributed by atoms with Crippen molar-refractivity contribution in [3.05, 3.63) is 33.7 Å². The molecule has 0 saturated heterocycles. The minimum absolute atomic E-state index is 0.291. The van der Waals surface area contributed by atoms with E-state index in [1.54, 1.807) is 17.0 Å². The highest BCUT2D eigenvalue weighted by Crippen LogP contribution is 2.24. The van der Waals surface area contributed by atoms with Gasteiger partial charge in [-0.3, -0.25) is 0 Å². The predicted molar refractivity (Wildman–Crippen MR) is 71.9 cm³/mol. The monoisotopic (exact) mass is 347 g/mol. The third-order valence-electron chi connectivity index (χ3n) is 2.33. The normalized spacial score (nSPS) is 10.5. The minimum atomic E-state index is -0.291. The summed E-state index contributed by atoms with van der Waals surface area (Å²) < 4.78 is 15.7. The quantitative estimate of drug-likeness (QED) is 0.656. The molecule has 0 radical (unpaired) electrons. The van der Waals surface area contributed by atoms with Crippen molar-refractivity contribution in [2.24, 2.45) is 7.05 Å². The van der Waals surface area contributed by atoms with E-state index in [1.807, 2.05) is 29.6 Å². The number of halogens is 2. The molecule has 0 aliphatic rings. The fourth-order valence-corrected chi connectivity index (χ4v) is 1.85. The van der Waals surface area contributed by atoms with Gasteiger partial charge in [-0.05, 0) is 28.7 Å². The molecule has 17 heavy (non-hydrogen) atoms. The molecule has 2 rings (SSSR count). The Hall–Kier alpha value is -1.38. The number of nitrogens with zero attached hydrogens (tertiary/aromatic N) is 3. The average molecular weight is 347 g/mol. The topological polar surface area (TPSA) is 68.8 Å². The van der Waals surface area contributed by atoms with Gasteiger partial charge in [0.05, 0.1) is 21.5 Å². The van der Waals surface area contributed by atoms with Gasteiger partial charge in [-0.25, -0.2) is 4.39 Å². The molecule has 0 amide bonds. The van der Waals surface area contributed by atoms with Crippen molar-refractivity contribution in [3.63, 3.8) is 0 Å². The highest BCUT2D eigenvalue weighted by Gasteiger charge is 2.07. The maximum absolute atomic E-state index is 13.4. The molecule has 0 fully saturated rings. The van der Waals surface area contributed by atoms with Crippen LogP contribution in [-0.4, -0.2) is 14.8 Å². The molecule has 7 heteroatoms. The van der Waals surface area contributed by atoms with Crippen LogP contribution in [0.5, 0.6) is 0 Å². The molecule has 5 nitrogen and oxygen atoms in total. The van der Waals surface area contributed by atoms with Crippen LogP contribution in [0.15, 0.2) is 18.5 Å². The van der Waals surface area contributed by atoms with Crippen molar-refractivity contribution in [1.29, 1.82) is 0 Å². The summed E-state index contributed by atoms with van der Waals surface area (Å²) in [5.74, 6) is 0.462. The number of anilines is 2. The van der Waals surface area contributed by atoms with Gasteiger partial charge in [0.25, 0.3) is 0 Å². The van der Waals surface area contributed by atoms with Crippen LogP contribution in [0.25, 0.3) is 0 Å². The molecule has 0 aliphatic heterocycles. The van der Waals surface area contributed by atoms with Gasteiger partial charge in [0.2, 0.25) is 0 Å². The van der Waals surface area contributed by atoms with Crippen molar-refractivity contribution < 1.29 is 4.39 Å². The fourth-order valence-electron chi connectivity index (χ4n) is 1.36. The first-order valence-electron chi connectivity index (χ1n) is 4.89. The van der Waals surface area contributed by atoms with Gasteiger partial charge in [-0.15, -0.1) is 10.2 Å². The summed E-state index contributed by atoms with van der Waals surface area (Å²) in [6, 6.07) is 2.97. The summed E-state index contributed by atoms with van der Waals surface area (Å²) in [5.41, 5.74) is 6.86. The molecule has 2 aromatic rings. The first-order valence-corrected chi connectivity index (χ1v) is 5.97. The van der Waals surface area contributed by atoms with Gasteiger partial charge in [0.15, 0.2) is 5.82 Å².